The van der Waals surface area contributed by atoms with E-state index in [2.05, 4.69) is 121 Å². The minimum atomic E-state index is -2.59. The van der Waals surface area contributed by atoms with E-state index in [0.29, 0.717) is 6.61 Å². The van der Waals surface area contributed by atoms with Crippen molar-refractivity contribution in [1.29, 1.82) is 0 Å². The lowest BCUT2D eigenvalue weighted by Crippen LogP contribution is -2.67. The van der Waals surface area contributed by atoms with Crippen molar-refractivity contribution in [2.75, 3.05) is 6.61 Å². The summed E-state index contributed by atoms with van der Waals surface area (Å²) >= 11 is 0. The van der Waals surface area contributed by atoms with Gasteiger partial charge in [0.1, 0.15) is 12.2 Å². The topological polar surface area (TPSA) is 27.7 Å². The van der Waals surface area contributed by atoms with E-state index in [-0.39, 0.29) is 22.3 Å². The summed E-state index contributed by atoms with van der Waals surface area (Å²) in [6.07, 6.45) is 3.64. The third-order valence-corrected chi connectivity index (χ3v) is 16.5. The van der Waals surface area contributed by atoms with Crippen molar-refractivity contribution >= 4 is 27.0 Å². The summed E-state index contributed by atoms with van der Waals surface area (Å²) in [5.74, 6) is 0. The second-order valence-electron chi connectivity index (χ2n) is 11.3. The lowest BCUT2D eigenvalue weighted by molar-refractivity contribution is 0.0314. The van der Waals surface area contributed by atoms with Crippen LogP contribution in [-0.4, -0.2) is 35.4 Å². The van der Waals surface area contributed by atoms with Gasteiger partial charge in [0, 0.05) is 0 Å². The molecule has 0 unspecified atom stereocenters. The number of ether oxygens (including phenoxy) is 1. The number of hydrogen-bond donors (Lipinski definition) is 0. The molecule has 0 bridgehead atoms. The lowest BCUT2D eigenvalue weighted by atomic mass is 10.2. The normalized spacial score (nSPS) is 19.8. The van der Waals surface area contributed by atoms with Crippen molar-refractivity contribution in [3.8, 4) is 0 Å². The Morgan fingerprint density at radius 2 is 1.28 bits per heavy atom. The van der Waals surface area contributed by atoms with Gasteiger partial charge in [0.25, 0.3) is 8.32 Å². The zero-order valence-corrected chi connectivity index (χ0v) is 23.0. The van der Waals surface area contributed by atoms with E-state index in [0.717, 1.165) is 0 Å². The number of benzene rings is 2. The number of rotatable bonds is 7. The van der Waals surface area contributed by atoms with Gasteiger partial charge in [0.05, 0.1) is 12.9 Å². The summed E-state index contributed by atoms with van der Waals surface area (Å²) in [5, 5.41) is 2.66. The van der Waals surface area contributed by atoms with Crippen LogP contribution in [0.1, 0.15) is 41.5 Å². The highest BCUT2D eigenvalue weighted by Crippen LogP contribution is 2.40. The van der Waals surface area contributed by atoms with Crippen molar-refractivity contribution in [1.82, 2.24) is 0 Å². The molecule has 0 aromatic heterocycles. The van der Waals surface area contributed by atoms with Gasteiger partial charge in [-0.25, -0.2) is 0 Å². The predicted octanol–water partition coefficient (Wildman–Crippen LogP) is 5.87. The zero-order chi connectivity index (χ0) is 23.6. The first-order chi connectivity index (χ1) is 14.9. The van der Waals surface area contributed by atoms with E-state index < -0.39 is 16.6 Å². The van der Waals surface area contributed by atoms with Crippen LogP contribution in [-0.2, 0) is 13.6 Å². The average molecular weight is 469 g/mol. The molecule has 3 rings (SSSR count). The van der Waals surface area contributed by atoms with Crippen molar-refractivity contribution in [2.24, 2.45) is 0 Å². The van der Waals surface area contributed by atoms with Crippen molar-refractivity contribution in [3.63, 3.8) is 0 Å². The van der Waals surface area contributed by atoms with E-state index in [9.17, 15) is 0 Å². The molecule has 0 fully saturated rings. The van der Waals surface area contributed by atoms with Gasteiger partial charge in [-0.1, -0.05) is 102 Å². The summed E-state index contributed by atoms with van der Waals surface area (Å²) in [6.45, 7) is 18.8. The molecule has 1 aliphatic rings. The summed E-state index contributed by atoms with van der Waals surface area (Å²) < 4.78 is 19.8. The highest BCUT2D eigenvalue weighted by Gasteiger charge is 2.51. The highest BCUT2D eigenvalue weighted by molar-refractivity contribution is 6.99. The van der Waals surface area contributed by atoms with E-state index in [4.69, 9.17) is 13.6 Å². The summed E-state index contributed by atoms with van der Waals surface area (Å²) in [5.41, 5.74) is 0. The third-order valence-electron chi connectivity index (χ3n) is 7.01. The van der Waals surface area contributed by atoms with Crippen LogP contribution in [0.3, 0.4) is 0 Å². The molecule has 0 saturated carbocycles. The van der Waals surface area contributed by atoms with Gasteiger partial charge in [0.15, 0.2) is 8.32 Å². The molecular formula is C27H40O3Si2. The third kappa shape index (κ3) is 4.96. The van der Waals surface area contributed by atoms with Crippen LogP contribution >= 0.6 is 0 Å². The molecule has 0 N–H and O–H groups in total. The van der Waals surface area contributed by atoms with E-state index in [1.807, 2.05) is 0 Å². The largest absolute Gasteiger partial charge is 0.493 e. The highest BCUT2D eigenvalue weighted by atomic mass is 28.4. The van der Waals surface area contributed by atoms with Crippen LogP contribution in [0.25, 0.3) is 0 Å². The van der Waals surface area contributed by atoms with Crippen LogP contribution in [0.2, 0.25) is 23.2 Å². The van der Waals surface area contributed by atoms with E-state index >= 15 is 0 Å². The van der Waals surface area contributed by atoms with Gasteiger partial charge in [-0.3, -0.25) is 0 Å². The molecule has 174 valence electrons. The first kappa shape index (κ1) is 25.0. The second-order valence-corrected chi connectivity index (χ2v) is 20.4. The smallest absolute Gasteiger partial charge is 0.261 e. The fraction of sp³-hybridized carbons (Fsp3) is 0.481. The Hall–Kier alpha value is -1.67. The van der Waals surface area contributed by atoms with E-state index in [1.165, 1.54) is 10.4 Å². The Morgan fingerprint density at radius 3 is 1.72 bits per heavy atom. The molecule has 3 nitrogen and oxygen atoms in total. The molecule has 0 radical (unpaired) electrons. The molecule has 2 aromatic carbocycles. The van der Waals surface area contributed by atoms with Gasteiger partial charge >= 0.3 is 0 Å². The van der Waals surface area contributed by atoms with Crippen molar-refractivity contribution in [2.45, 2.75) is 76.9 Å². The molecular weight excluding hydrogens is 428 g/mol. The molecule has 2 atom stereocenters. The Labute approximate surface area is 197 Å². The Balaban J connectivity index is 1.93. The van der Waals surface area contributed by atoms with Crippen LogP contribution < -0.4 is 10.4 Å². The predicted molar refractivity (Wildman–Crippen MR) is 140 cm³/mol. The minimum Gasteiger partial charge on any atom is -0.493 e. The summed E-state index contributed by atoms with van der Waals surface area (Å²) in [7, 11) is -4.52. The van der Waals surface area contributed by atoms with Gasteiger partial charge in [-0.05, 0) is 39.6 Å². The van der Waals surface area contributed by atoms with Crippen LogP contribution in [0.4, 0.5) is 0 Å². The monoisotopic (exact) mass is 468 g/mol. The van der Waals surface area contributed by atoms with Gasteiger partial charge in [-0.2, -0.15) is 0 Å². The molecule has 0 amide bonds. The molecule has 2 aromatic rings. The Bertz CT molecular complexity index is 856. The molecule has 1 heterocycles. The standard InChI is InChI=1S/C27H40O3Si2/c1-26(2,3)31(7,8)30-24-19-20-28-25(24)21-29-32(27(4,5)6,22-15-11-9-12-16-22)23-17-13-10-14-18-23/h9-20,24-25H,21H2,1-8H3/t24-,25-/m1/s1. The van der Waals surface area contributed by atoms with Gasteiger partial charge < -0.3 is 13.6 Å². The first-order valence-corrected chi connectivity index (χ1v) is 16.5. The Kier molecular flexibility index (Phi) is 7.25. The van der Waals surface area contributed by atoms with Crippen LogP contribution in [0.15, 0.2) is 73.0 Å². The zero-order valence-electron chi connectivity index (χ0n) is 21.0. The summed E-state index contributed by atoms with van der Waals surface area (Å²) in [6, 6.07) is 21.5. The van der Waals surface area contributed by atoms with Crippen LogP contribution in [0, 0.1) is 0 Å². The fourth-order valence-electron chi connectivity index (χ4n) is 4.16. The maximum atomic E-state index is 7.09. The van der Waals surface area contributed by atoms with Gasteiger partial charge in [0.2, 0.25) is 0 Å². The second kappa shape index (κ2) is 9.30. The molecule has 32 heavy (non-hydrogen) atoms. The molecule has 0 saturated heterocycles. The molecule has 0 aliphatic carbocycles. The van der Waals surface area contributed by atoms with Crippen molar-refractivity contribution in [3.05, 3.63) is 73.0 Å². The molecule has 5 heteroatoms. The SMILES string of the molecule is CC(C)(C)[Si](C)(C)O[C@@H]1C=CO[C@@H]1CO[Si](c1ccccc1)(c1ccccc1)C(C)(C)C. The van der Waals surface area contributed by atoms with Gasteiger partial charge in [-0.15, -0.1) is 0 Å². The lowest BCUT2D eigenvalue weighted by Gasteiger charge is -2.44. The summed E-state index contributed by atoms with van der Waals surface area (Å²) in [4.78, 5) is 0. The maximum Gasteiger partial charge on any atom is 0.261 e. The fourth-order valence-corrected chi connectivity index (χ4v) is 9.99. The number of hydrogen-bond acceptors (Lipinski definition) is 3. The molecule has 0 spiro atoms. The minimum absolute atomic E-state index is 0.0580. The average Bonchev–Trinajstić information content (AvgIpc) is 3.14. The first-order valence-electron chi connectivity index (χ1n) is 11.6. The van der Waals surface area contributed by atoms with E-state index in [1.54, 1.807) is 6.26 Å². The molecule has 1 aliphatic heterocycles. The van der Waals surface area contributed by atoms with Crippen molar-refractivity contribution < 1.29 is 13.6 Å². The quantitative estimate of drug-likeness (QED) is 0.476. The Morgan fingerprint density at radius 1 is 0.781 bits per heavy atom. The van der Waals surface area contributed by atoms with Crippen LogP contribution in [0.5, 0.6) is 0 Å². The maximum absolute atomic E-state index is 7.09.